The molecule has 44 heavy (non-hydrogen) atoms. The lowest BCUT2D eigenvalue weighted by atomic mass is 9.90. The Morgan fingerprint density at radius 2 is 1.57 bits per heavy atom. The summed E-state index contributed by atoms with van der Waals surface area (Å²) < 4.78 is 10.8. The van der Waals surface area contributed by atoms with Gasteiger partial charge in [0.2, 0.25) is 5.91 Å². The van der Waals surface area contributed by atoms with Crippen molar-refractivity contribution >= 4 is 29.4 Å². The number of amides is 3. The highest BCUT2D eigenvalue weighted by atomic mass is 32.1. The fourth-order valence-corrected chi connectivity index (χ4v) is 5.47. The first kappa shape index (κ1) is 34.5. The highest BCUT2D eigenvalue weighted by molar-refractivity contribution is 7.09. The van der Waals surface area contributed by atoms with Crippen molar-refractivity contribution in [3.63, 3.8) is 0 Å². The molecule has 2 aromatic carbocycles. The Morgan fingerprint density at radius 1 is 0.955 bits per heavy atom. The number of nitrogens with two attached hydrogens (primary N) is 1. The minimum atomic E-state index is -1.19. The second-order valence-corrected chi connectivity index (χ2v) is 12.0. The molecule has 238 valence electrons. The predicted molar refractivity (Wildman–Crippen MR) is 167 cm³/mol. The second kappa shape index (κ2) is 17.3. The highest BCUT2D eigenvalue weighted by Gasteiger charge is 2.39. The van der Waals surface area contributed by atoms with Crippen LogP contribution in [0.25, 0.3) is 0 Å². The van der Waals surface area contributed by atoms with E-state index in [0.29, 0.717) is 0 Å². The molecule has 0 bridgehead atoms. The van der Waals surface area contributed by atoms with Gasteiger partial charge in [-0.1, -0.05) is 74.5 Å². The molecule has 0 saturated carbocycles. The monoisotopic (exact) mass is 626 g/mol. The fourth-order valence-electron chi connectivity index (χ4n) is 4.96. The summed E-state index contributed by atoms with van der Waals surface area (Å²) in [6.07, 6.45) is -1.58. The van der Waals surface area contributed by atoms with Crippen molar-refractivity contribution < 1.29 is 34.1 Å². The van der Waals surface area contributed by atoms with Crippen LogP contribution < -0.4 is 11.1 Å². The van der Waals surface area contributed by atoms with E-state index in [1.54, 1.807) is 25.6 Å². The van der Waals surface area contributed by atoms with Gasteiger partial charge in [0.1, 0.15) is 19.3 Å². The molecule has 0 aliphatic carbocycles. The molecular formula is C32H42N4O7S. The van der Waals surface area contributed by atoms with E-state index in [1.807, 2.05) is 60.7 Å². The minimum Gasteiger partial charge on any atom is -0.447 e. The summed E-state index contributed by atoms with van der Waals surface area (Å²) in [7, 11) is 0. The number of hydrogen-bond acceptors (Lipinski definition) is 9. The maximum absolute atomic E-state index is 13.6. The molecule has 0 aliphatic heterocycles. The SMILES string of the molecule is CC(O)COC(=O)N([C@@H](Cc1ccccc1)C[C@H](O)[C@H](Cc1ccccc1)NC(=O)OCc1cncs1)[C@H](C(N)=O)C(C)C. The molecule has 12 heteroatoms. The number of aliphatic hydroxyl groups excluding tert-OH is 2. The summed E-state index contributed by atoms with van der Waals surface area (Å²) in [6.45, 7) is 4.74. The minimum absolute atomic E-state index is 0.0266. The van der Waals surface area contributed by atoms with Crippen LogP contribution in [0, 0.1) is 5.92 Å². The number of hydrogen-bond donors (Lipinski definition) is 4. The molecular weight excluding hydrogens is 584 g/mol. The number of benzene rings is 2. The first-order chi connectivity index (χ1) is 21.0. The van der Waals surface area contributed by atoms with Crippen LogP contribution in [-0.4, -0.2) is 75.1 Å². The Labute approximate surface area is 262 Å². The third-order valence-electron chi connectivity index (χ3n) is 7.00. The molecule has 0 spiro atoms. The lowest BCUT2D eigenvalue weighted by Gasteiger charge is -2.39. The van der Waals surface area contributed by atoms with Crippen molar-refractivity contribution in [3.05, 3.63) is 88.4 Å². The molecule has 3 aromatic rings. The number of rotatable bonds is 16. The Kier molecular flexibility index (Phi) is 13.6. The van der Waals surface area contributed by atoms with E-state index in [9.17, 15) is 24.6 Å². The Bertz CT molecular complexity index is 1290. The normalized spacial score (nSPS) is 14.6. The van der Waals surface area contributed by atoms with Gasteiger partial charge in [-0.05, 0) is 43.2 Å². The smallest absolute Gasteiger partial charge is 0.410 e. The maximum Gasteiger partial charge on any atom is 0.410 e. The van der Waals surface area contributed by atoms with Gasteiger partial charge in [0.15, 0.2) is 0 Å². The summed E-state index contributed by atoms with van der Waals surface area (Å²) in [5.74, 6) is -1.12. The quantitative estimate of drug-likeness (QED) is 0.187. The Morgan fingerprint density at radius 3 is 2.09 bits per heavy atom. The third-order valence-corrected chi connectivity index (χ3v) is 7.75. The van der Waals surface area contributed by atoms with Crippen LogP contribution in [0.4, 0.5) is 9.59 Å². The molecule has 0 radical (unpaired) electrons. The van der Waals surface area contributed by atoms with Crippen LogP contribution in [0.15, 0.2) is 72.4 Å². The van der Waals surface area contributed by atoms with Gasteiger partial charge in [0.05, 0.1) is 28.6 Å². The molecule has 1 unspecified atom stereocenters. The zero-order chi connectivity index (χ0) is 32.1. The summed E-state index contributed by atoms with van der Waals surface area (Å²) in [5.41, 5.74) is 9.17. The largest absolute Gasteiger partial charge is 0.447 e. The first-order valence-corrected chi connectivity index (χ1v) is 15.4. The molecule has 11 nitrogen and oxygen atoms in total. The molecule has 3 rings (SSSR count). The molecule has 1 aromatic heterocycles. The van der Waals surface area contributed by atoms with Gasteiger partial charge >= 0.3 is 12.2 Å². The molecule has 0 fully saturated rings. The number of carbonyl (C=O) groups is 3. The van der Waals surface area contributed by atoms with Gasteiger partial charge in [-0.3, -0.25) is 14.7 Å². The van der Waals surface area contributed by atoms with Gasteiger partial charge in [-0.2, -0.15) is 0 Å². The van der Waals surface area contributed by atoms with Crippen molar-refractivity contribution in [1.29, 1.82) is 0 Å². The average Bonchev–Trinajstić information content (AvgIpc) is 3.51. The lowest BCUT2D eigenvalue weighted by molar-refractivity contribution is -0.125. The standard InChI is InChI=1S/C32H42N4O7S/c1-21(2)29(30(33)39)36(32(41)43-18-22(3)37)25(14-23-10-6-4-7-11-23)16-28(38)27(15-24-12-8-5-9-13-24)35-31(40)42-19-26-17-34-20-44-26/h4-13,17,20-22,25,27-29,37-38H,14-16,18-19H2,1-3H3,(H2,33,39)(H,35,40)/t22?,25-,27-,28-,29-/m0/s1. The van der Waals surface area contributed by atoms with Crippen LogP contribution in [0.5, 0.6) is 0 Å². The van der Waals surface area contributed by atoms with Gasteiger partial charge in [0, 0.05) is 12.2 Å². The molecule has 0 saturated heterocycles. The van der Waals surface area contributed by atoms with Crippen molar-refractivity contribution in [3.8, 4) is 0 Å². The first-order valence-electron chi connectivity index (χ1n) is 14.5. The van der Waals surface area contributed by atoms with E-state index in [4.69, 9.17) is 15.2 Å². The second-order valence-electron chi connectivity index (χ2n) is 11.1. The fraction of sp³-hybridized carbons (Fsp3) is 0.438. The lowest BCUT2D eigenvalue weighted by Crippen LogP contribution is -2.58. The zero-order valence-electron chi connectivity index (χ0n) is 25.2. The van der Waals surface area contributed by atoms with E-state index in [1.165, 1.54) is 23.2 Å². The summed E-state index contributed by atoms with van der Waals surface area (Å²) in [5, 5.41) is 24.3. The van der Waals surface area contributed by atoms with Gasteiger partial charge < -0.3 is 30.7 Å². The molecule has 5 N–H and O–H groups in total. The number of aromatic nitrogens is 1. The van der Waals surface area contributed by atoms with Gasteiger partial charge in [0.25, 0.3) is 0 Å². The number of nitrogens with one attached hydrogen (secondary N) is 1. The number of primary amides is 1. The molecule has 0 aliphatic rings. The number of ether oxygens (including phenoxy) is 2. The van der Waals surface area contributed by atoms with Crippen LogP contribution in [-0.2, 0) is 33.7 Å². The zero-order valence-corrected chi connectivity index (χ0v) is 26.1. The molecule has 5 atom stereocenters. The molecule has 3 amide bonds. The van der Waals surface area contributed by atoms with Crippen LogP contribution >= 0.6 is 11.3 Å². The van der Waals surface area contributed by atoms with Crippen molar-refractivity contribution in [1.82, 2.24) is 15.2 Å². The van der Waals surface area contributed by atoms with Gasteiger partial charge in [-0.15, -0.1) is 11.3 Å². The highest BCUT2D eigenvalue weighted by Crippen LogP contribution is 2.24. The number of thiazole rings is 1. The van der Waals surface area contributed by atoms with E-state index in [-0.39, 0.29) is 38.4 Å². The number of nitrogens with zero attached hydrogens (tertiary/aromatic N) is 2. The topological polar surface area (TPSA) is 164 Å². The third kappa shape index (κ3) is 10.9. The van der Waals surface area contributed by atoms with E-state index < -0.39 is 48.4 Å². The van der Waals surface area contributed by atoms with E-state index >= 15 is 0 Å². The number of aliphatic hydroxyl groups is 2. The Balaban J connectivity index is 1.94. The van der Waals surface area contributed by atoms with Crippen LogP contribution in [0.1, 0.15) is 43.2 Å². The average molecular weight is 627 g/mol. The van der Waals surface area contributed by atoms with Crippen molar-refractivity contribution in [2.75, 3.05) is 6.61 Å². The Hall–Kier alpha value is -4.00. The predicted octanol–water partition coefficient (Wildman–Crippen LogP) is 3.67. The molecule has 1 heterocycles. The van der Waals surface area contributed by atoms with E-state index in [0.717, 1.165) is 16.0 Å². The summed E-state index contributed by atoms with van der Waals surface area (Å²) >= 11 is 1.35. The summed E-state index contributed by atoms with van der Waals surface area (Å²) in [6, 6.07) is 16.0. The van der Waals surface area contributed by atoms with E-state index in [2.05, 4.69) is 10.3 Å². The van der Waals surface area contributed by atoms with Gasteiger partial charge in [-0.25, -0.2) is 9.59 Å². The van der Waals surface area contributed by atoms with Crippen molar-refractivity contribution in [2.45, 2.75) is 77.0 Å². The number of carbonyl (C=O) groups excluding carboxylic acids is 3. The summed E-state index contributed by atoms with van der Waals surface area (Å²) in [4.78, 5) is 45.2. The van der Waals surface area contributed by atoms with Crippen LogP contribution in [0.3, 0.4) is 0 Å². The maximum atomic E-state index is 13.6. The van der Waals surface area contributed by atoms with Crippen LogP contribution in [0.2, 0.25) is 0 Å². The van der Waals surface area contributed by atoms with Crippen molar-refractivity contribution in [2.24, 2.45) is 11.7 Å². The number of alkyl carbamates (subject to hydrolysis) is 1.